The minimum atomic E-state index is -0.721. The van der Waals surface area contributed by atoms with Crippen molar-refractivity contribution in [1.29, 1.82) is 0 Å². The summed E-state index contributed by atoms with van der Waals surface area (Å²) in [5, 5.41) is 6.08. The quantitative estimate of drug-likeness (QED) is 0.828. The molecule has 0 aromatic carbocycles. The maximum atomic E-state index is 12.1. The SMILES string of the molecule is CNc1cc(C(=O)NC2CCS(=O)CC2)cc(Cl)n1. The standard InChI is InChI=1S/C12H16ClN3O2S/c1-14-11-7-8(6-10(13)16-11)12(17)15-9-2-4-19(18)5-3-9/h6-7,9H,2-5H2,1H3,(H,14,16)(H,15,17). The van der Waals surface area contributed by atoms with Gasteiger partial charge >= 0.3 is 0 Å². The third-order valence-corrected chi connectivity index (χ3v) is 4.61. The summed E-state index contributed by atoms with van der Waals surface area (Å²) in [6, 6.07) is 3.29. The van der Waals surface area contributed by atoms with E-state index in [4.69, 9.17) is 11.6 Å². The molecule has 0 bridgehead atoms. The molecule has 1 aromatic rings. The largest absolute Gasteiger partial charge is 0.373 e. The van der Waals surface area contributed by atoms with Crippen LogP contribution in [0.1, 0.15) is 23.2 Å². The fourth-order valence-corrected chi connectivity index (χ4v) is 3.47. The van der Waals surface area contributed by atoms with Gasteiger partial charge in [-0.2, -0.15) is 0 Å². The van der Waals surface area contributed by atoms with Crippen LogP contribution in [0.2, 0.25) is 5.15 Å². The first kappa shape index (κ1) is 14.3. The van der Waals surface area contributed by atoms with Gasteiger partial charge in [-0.15, -0.1) is 0 Å². The molecular formula is C12H16ClN3O2S. The van der Waals surface area contributed by atoms with Gasteiger partial charge in [-0.05, 0) is 25.0 Å². The van der Waals surface area contributed by atoms with Crippen LogP contribution < -0.4 is 10.6 Å². The van der Waals surface area contributed by atoms with E-state index in [1.807, 2.05) is 0 Å². The number of halogens is 1. The molecule has 7 heteroatoms. The molecule has 1 aliphatic heterocycles. The second-order valence-corrected chi connectivity index (χ2v) is 6.49. The highest BCUT2D eigenvalue weighted by Gasteiger charge is 2.20. The Bertz CT molecular complexity index is 500. The molecular weight excluding hydrogens is 286 g/mol. The summed E-state index contributed by atoms with van der Waals surface area (Å²) in [5.41, 5.74) is 0.482. The fourth-order valence-electron chi connectivity index (χ4n) is 1.96. The van der Waals surface area contributed by atoms with Gasteiger partial charge in [0.15, 0.2) is 0 Å². The van der Waals surface area contributed by atoms with Gasteiger partial charge in [-0.3, -0.25) is 9.00 Å². The molecule has 0 atom stereocenters. The Morgan fingerprint density at radius 3 is 2.74 bits per heavy atom. The van der Waals surface area contributed by atoms with E-state index >= 15 is 0 Å². The molecule has 2 heterocycles. The van der Waals surface area contributed by atoms with Crippen molar-refractivity contribution in [2.45, 2.75) is 18.9 Å². The van der Waals surface area contributed by atoms with Crippen molar-refractivity contribution in [3.05, 3.63) is 22.8 Å². The van der Waals surface area contributed by atoms with E-state index in [0.717, 1.165) is 12.8 Å². The van der Waals surface area contributed by atoms with Crippen molar-refractivity contribution in [3.63, 3.8) is 0 Å². The molecule has 2 rings (SSSR count). The van der Waals surface area contributed by atoms with Crippen LogP contribution in [0.5, 0.6) is 0 Å². The predicted molar refractivity (Wildman–Crippen MR) is 77.2 cm³/mol. The van der Waals surface area contributed by atoms with Crippen molar-refractivity contribution in [2.75, 3.05) is 23.9 Å². The Morgan fingerprint density at radius 2 is 2.11 bits per heavy atom. The number of carbonyl (C=O) groups excluding carboxylic acids is 1. The first-order valence-corrected chi connectivity index (χ1v) is 7.96. The number of pyridine rings is 1. The number of hydrogen-bond acceptors (Lipinski definition) is 4. The van der Waals surface area contributed by atoms with Crippen LogP contribution in [0, 0.1) is 0 Å². The summed E-state index contributed by atoms with van der Waals surface area (Å²) in [6.07, 6.45) is 1.52. The maximum absolute atomic E-state index is 12.1. The lowest BCUT2D eigenvalue weighted by atomic mass is 10.1. The average Bonchev–Trinajstić information content (AvgIpc) is 2.40. The lowest BCUT2D eigenvalue weighted by Gasteiger charge is -2.22. The zero-order chi connectivity index (χ0) is 13.8. The third-order valence-electron chi connectivity index (χ3n) is 3.04. The minimum Gasteiger partial charge on any atom is -0.373 e. The molecule has 2 N–H and O–H groups in total. The van der Waals surface area contributed by atoms with E-state index in [0.29, 0.717) is 22.9 Å². The molecule has 0 saturated carbocycles. The van der Waals surface area contributed by atoms with Crippen LogP contribution in [0.25, 0.3) is 0 Å². The van der Waals surface area contributed by atoms with E-state index in [9.17, 15) is 9.00 Å². The second kappa shape index (κ2) is 6.34. The first-order valence-electron chi connectivity index (χ1n) is 6.09. The van der Waals surface area contributed by atoms with Gasteiger partial charge < -0.3 is 10.6 Å². The highest BCUT2D eigenvalue weighted by Crippen LogP contribution is 2.15. The van der Waals surface area contributed by atoms with Crippen LogP contribution >= 0.6 is 11.6 Å². The fraction of sp³-hybridized carbons (Fsp3) is 0.500. The van der Waals surface area contributed by atoms with E-state index < -0.39 is 10.8 Å². The predicted octanol–water partition coefficient (Wildman–Crippen LogP) is 1.42. The number of nitrogens with zero attached hydrogens (tertiary/aromatic N) is 1. The number of aromatic nitrogens is 1. The number of anilines is 1. The maximum Gasteiger partial charge on any atom is 0.251 e. The number of rotatable bonds is 3. The van der Waals surface area contributed by atoms with Crippen LogP contribution in [-0.4, -0.2) is 39.7 Å². The summed E-state index contributed by atoms with van der Waals surface area (Å²) in [7, 11) is 0.998. The molecule has 0 aliphatic carbocycles. The molecule has 0 radical (unpaired) electrons. The topological polar surface area (TPSA) is 71.1 Å². The zero-order valence-electron chi connectivity index (χ0n) is 10.6. The van der Waals surface area contributed by atoms with Crippen molar-refractivity contribution < 1.29 is 9.00 Å². The van der Waals surface area contributed by atoms with Gasteiger partial charge in [0.05, 0.1) is 0 Å². The van der Waals surface area contributed by atoms with Crippen molar-refractivity contribution in [3.8, 4) is 0 Å². The molecule has 1 saturated heterocycles. The van der Waals surface area contributed by atoms with Crippen molar-refractivity contribution >= 4 is 34.1 Å². The van der Waals surface area contributed by atoms with E-state index in [1.54, 1.807) is 19.2 Å². The molecule has 5 nitrogen and oxygen atoms in total. The summed E-state index contributed by atoms with van der Waals surface area (Å²) < 4.78 is 11.3. The van der Waals surface area contributed by atoms with Crippen molar-refractivity contribution in [2.24, 2.45) is 0 Å². The van der Waals surface area contributed by atoms with Crippen LogP contribution in [-0.2, 0) is 10.8 Å². The molecule has 19 heavy (non-hydrogen) atoms. The van der Waals surface area contributed by atoms with Gasteiger partial charge in [0, 0.05) is 41.0 Å². The molecule has 104 valence electrons. The van der Waals surface area contributed by atoms with Gasteiger partial charge in [-0.25, -0.2) is 4.98 Å². The molecule has 0 spiro atoms. The molecule has 1 fully saturated rings. The Labute approximate surface area is 119 Å². The highest BCUT2D eigenvalue weighted by atomic mass is 35.5. The van der Waals surface area contributed by atoms with Gasteiger partial charge in [0.2, 0.25) is 0 Å². The van der Waals surface area contributed by atoms with Crippen LogP contribution in [0.15, 0.2) is 12.1 Å². The van der Waals surface area contributed by atoms with E-state index in [-0.39, 0.29) is 17.1 Å². The van der Waals surface area contributed by atoms with E-state index in [2.05, 4.69) is 15.6 Å². The Hall–Kier alpha value is -1.14. The average molecular weight is 302 g/mol. The number of amides is 1. The Morgan fingerprint density at radius 1 is 1.42 bits per heavy atom. The molecule has 1 aromatic heterocycles. The van der Waals surface area contributed by atoms with Gasteiger partial charge in [0.25, 0.3) is 5.91 Å². The Balaban J connectivity index is 2.03. The highest BCUT2D eigenvalue weighted by molar-refractivity contribution is 7.85. The van der Waals surface area contributed by atoms with Gasteiger partial charge in [-0.1, -0.05) is 11.6 Å². The molecule has 0 unspecified atom stereocenters. The number of nitrogens with one attached hydrogen (secondary N) is 2. The smallest absolute Gasteiger partial charge is 0.251 e. The monoisotopic (exact) mass is 301 g/mol. The lowest BCUT2D eigenvalue weighted by molar-refractivity contribution is 0.0934. The lowest BCUT2D eigenvalue weighted by Crippen LogP contribution is -2.39. The normalized spacial score (nSPS) is 22.8. The number of hydrogen-bond donors (Lipinski definition) is 2. The summed E-state index contributed by atoms with van der Waals surface area (Å²) in [6.45, 7) is 0. The second-order valence-electron chi connectivity index (χ2n) is 4.41. The Kier molecular flexibility index (Phi) is 4.76. The van der Waals surface area contributed by atoms with E-state index in [1.165, 1.54) is 0 Å². The van der Waals surface area contributed by atoms with Crippen LogP contribution in [0.3, 0.4) is 0 Å². The number of carbonyl (C=O) groups is 1. The summed E-state index contributed by atoms with van der Waals surface area (Å²) in [5.74, 6) is 1.70. The zero-order valence-corrected chi connectivity index (χ0v) is 12.2. The third kappa shape index (κ3) is 3.91. The summed E-state index contributed by atoms with van der Waals surface area (Å²) >= 11 is 5.86. The van der Waals surface area contributed by atoms with Gasteiger partial charge in [0.1, 0.15) is 11.0 Å². The minimum absolute atomic E-state index is 0.0928. The first-order chi connectivity index (χ1) is 9.08. The molecule has 1 amide bonds. The van der Waals surface area contributed by atoms with Crippen LogP contribution in [0.4, 0.5) is 5.82 Å². The summed E-state index contributed by atoms with van der Waals surface area (Å²) in [4.78, 5) is 16.1. The van der Waals surface area contributed by atoms with Crippen molar-refractivity contribution in [1.82, 2.24) is 10.3 Å². The molecule has 1 aliphatic rings.